The average molecular weight is 409 g/mol. The summed E-state index contributed by atoms with van der Waals surface area (Å²) < 4.78 is 13.3. The van der Waals surface area contributed by atoms with Crippen LogP contribution in [0.4, 0.5) is 4.39 Å². The lowest BCUT2D eigenvalue weighted by Gasteiger charge is -2.18. The van der Waals surface area contributed by atoms with Gasteiger partial charge < -0.3 is 5.32 Å². The SMILES string of the molecule is O=C(Cc1csc(-c2ccccc2)n1)N[C@H](c1ccc(F)cc1)c1cccs1. The Labute approximate surface area is 170 Å². The van der Waals surface area contributed by atoms with Crippen molar-refractivity contribution in [2.45, 2.75) is 12.5 Å². The zero-order valence-electron chi connectivity index (χ0n) is 14.8. The number of nitrogens with one attached hydrogen (secondary N) is 1. The molecule has 0 aliphatic carbocycles. The van der Waals surface area contributed by atoms with Crippen molar-refractivity contribution in [2.24, 2.45) is 0 Å². The standard InChI is InChI=1S/C22H17FN2OS2/c23-17-10-8-15(9-11-17)21(19-7-4-12-27-19)25-20(26)13-18-14-28-22(24-18)16-5-2-1-3-6-16/h1-12,14,21H,13H2,(H,25,26)/t21-/m1/s1. The van der Waals surface area contributed by atoms with Gasteiger partial charge in [0, 0.05) is 15.8 Å². The van der Waals surface area contributed by atoms with E-state index in [0.717, 1.165) is 26.7 Å². The van der Waals surface area contributed by atoms with Gasteiger partial charge in [-0.2, -0.15) is 0 Å². The van der Waals surface area contributed by atoms with Crippen molar-refractivity contribution in [3.63, 3.8) is 0 Å². The van der Waals surface area contributed by atoms with Gasteiger partial charge in [0.25, 0.3) is 0 Å². The molecule has 140 valence electrons. The maximum atomic E-state index is 13.3. The number of amides is 1. The van der Waals surface area contributed by atoms with Gasteiger partial charge in [0.2, 0.25) is 5.91 Å². The van der Waals surface area contributed by atoms with Gasteiger partial charge in [-0.15, -0.1) is 22.7 Å². The maximum Gasteiger partial charge on any atom is 0.226 e. The summed E-state index contributed by atoms with van der Waals surface area (Å²) in [5.41, 5.74) is 2.63. The first kappa shape index (κ1) is 18.5. The summed E-state index contributed by atoms with van der Waals surface area (Å²) in [4.78, 5) is 18.3. The molecule has 28 heavy (non-hydrogen) atoms. The summed E-state index contributed by atoms with van der Waals surface area (Å²) in [5.74, 6) is -0.413. The minimum Gasteiger partial charge on any atom is -0.344 e. The molecule has 2 heterocycles. The van der Waals surface area contributed by atoms with Crippen molar-refractivity contribution in [1.82, 2.24) is 10.3 Å². The molecule has 2 aromatic carbocycles. The van der Waals surface area contributed by atoms with Crippen LogP contribution in [0, 0.1) is 5.82 Å². The van der Waals surface area contributed by atoms with Crippen molar-refractivity contribution in [1.29, 1.82) is 0 Å². The predicted octanol–water partition coefficient (Wildman–Crippen LogP) is 5.46. The quantitative estimate of drug-likeness (QED) is 0.460. The molecule has 3 nitrogen and oxygen atoms in total. The Kier molecular flexibility index (Phi) is 5.60. The summed E-state index contributed by atoms with van der Waals surface area (Å²) in [5, 5.41) is 7.85. The van der Waals surface area contributed by atoms with Crippen molar-refractivity contribution < 1.29 is 9.18 Å². The smallest absolute Gasteiger partial charge is 0.226 e. The van der Waals surface area contributed by atoms with Crippen molar-refractivity contribution in [2.75, 3.05) is 0 Å². The third kappa shape index (κ3) is 4.35. The first-order valence-corrected chi connectivity index (χ1v) is 10.5. The Balaban J connectivity index is 1.49. The Morgan fingerprint density at radius 1 is 1.00 bits per heavy atom. The molecular formula is C22H17FN2OS2. The fourth-order valence-electron chi connectivity index (χ4n) is 2.91. The van der Waals surface area contributed by atoms with Crippen LogP contribution in [0.25, 0.3) is 10.6 Å². The van der Waals surface area contributed by atoms with Crippen LogP contribution in [0.3, 0.4) is 0 Å². The molecule has 1 N–H and O–H groups in total. The summed E-state index contributed by atoms with van der Waals surface area (Å²) in [6, 6.07) is 19.7. The predicted molar refractivity (Wildman–Crippen MR) is 112 cm³/mol. The maximum absolute atomic E-state index is 13.3. The molecule has 1 atom stereocenters. The van der Waals surface area contributed by atoms with E-state index in [1.807, 2.05) is 53.2 Å². The van der Waals surface area contributed by atoms with Crippen LogP contribution < -0.4 is 5.32 Å². The number of halogens is 1. The molecule has 0 saturated heterocycles. The highest BCUT2D eigenvalue weighted by Gasteiger charge is 2.19. The molecule has 4 aromatic rings. The number of carbonyl (C=O) groups excluding carboxylic acids is 1. The second kappa shape index (κ2) is 8.46. The molecule has 0 unspecified atom stereocenters. The molecule has 0 radical (unpaired) electrons. The van der Waals surface area contributed by atoms with Crippen LogP contribution >= 0.6 is 22.7 Å². The summed E-state index contributed by atoms with van der Waals surface area (Å²) in [6.07, 6.45) is 0.201. The largest absolute Gasteiger partial charge is 0.344 e. The average Bonchev–Trinajstić information content (AvgIpc) is 3.40. The number of hydrogen-bond donors (Lipinski definition) is 1. The first-order valence-electron chi connectivity index (χ1n) is 8.77. The number of thiophene rings is 1. The molecule has 0 aliphatic rings. The van der Waals surface area contributed by atoms with Gasteiger partial charge in [-0.3, -0.25) is 4.79 Å². The highest BCUT2D eigenvalue weighted by Crippen LogP contribution is 2.27. The monoisotopic (exact) mass is 408 g/mol. The molecule has 0 bridgehead atoms. The van der Waals surface area contributed by atoms with Gasteiger partial charge in [-0.05, 0) is 29.1 Å². The number of aromatic nitrogens is 1. The van der Waals surface area contributed by atoms with Crippen molar-refractivity contribution >= 4 is 28.6 Å². The van der Waals surface area contributed by atoms with Crippen LogP contribution in [0.2, 0.25) is 0 Å². The fourth-order valence-corrected chi connectivity index (χ4v) is 4.54. The van der Waals surface area contributed by atoms with Crippen molar-refractivity contribution in [3.8, 4) is 10.6 Å². The van der Waals surface area contributed by atoms with Crippen LogP contribution in [-0.2, 0) is 11.2 Å². The third-order valence-corrected chi connectivity index (χ3v) is 6.13. The molecule has 0 fully saturated rings. The molecule has 0 spiro atoms. The normalized spacial score (nSPS) is 11.9. The number of nitrogens with zero attached hydrogens (tertiary/aromatic N) is 1. The highest BCUT2D eigenvalue weighted by molar-refractivity contribution is 7.13. The molecule has 1 amide bonds. The lowest BCUT2D eigenvalue weighted by molar-refractivity contribution is -0.120. The van der Waals surface area contributed by atoms with Crippen LogP contribution in [0.1, 0.15) is 22.2 Å². The van der Waals surface area contributed by atoms with Crippen LogP contribution in [-0.4, -0.2) is 10.9 Å². The number of thiazole rings is 1. The zero-order valence-corrected chi connectivity index (χ0v) is 16.5. The fraction of sp³-hybridized carbons (Fsp3) is 0.0909. The highest BCUT2D eigenvalue weighted by atomic mass is 32.1. The van der Waals surface area contributed by atoms with E-state index >= 15 is 0 Å². The van der Waals surface area contributed by atoms with E-state index in [1.54, 1.807) is 23.5 Å². The Bertz CT molecular complexity index is 1040. The number of benzene rings is 2. The van der Waals surface area contributed by atoms with Gasteiger partial charge in [0.05, 0.1) is 18.2 Å². The summed E-state index contributed by atoms with van der Waals surface area (Å²) in [6.45, 7) is 0. The van der Waals surface area contributed by atoms with Crippen molar-refractivity contribution in [3.05, 3.63) is 99.4 Å². The number of hydrogen-bond acceptors (Lipinski definition) is 4. The van der Waals surface area contributed by atoms with E-state index in [0.29, 0.717) is 0 Å². The molecule has 2 aromatic heterocycles. The molecular weight excluding hydrogens is 391 g/mol. The molecule has 6 heteroatoms. The first-order chi connectivity index (χ1) is 13.7. The minimum absolute atomic E-state index is 0.118. The lowest BCUT2D eigenvalue weighted by atomic mass is 10.0. The van der Waals surface area contributed by atoms with Crippen LogP contribution in [0.5, 0.6) is 0 Å². The summed E-state index contributed by atoms with van der Waals surface area (Å²) in [7, 11) is 0. The molecule has 0 saturated carbocycles. The Morgan fingerprint density at radius 2 is 1.79 bits per heavy atom. The minimum atomic E-state index is -0.305. The van der Waals surface area contributed by atoms with Gasteiger partial charge >= 0.3 is 0 Å². The topological polar surface area (TPSA) is 42.0 Å². The second-order valence-electron chi connectivity index (χ2n) is 6.25. The third-order valence-electron chi connectivity index (χ3n) is 4.25. The molecule has 4 rings (SSSR count). The van der Waals surface area contributed by atoms with E-state index in [9.17, 15) is 9.18 Å². The van der Waals surface area contributed by atoms with E-state index in [2.05, 4.69) is 10.3 Å². The number of rotatable bonds is 6. The van der Waals surface area contributed by atoms with Gasteiger partial charge in [0.15, 0.2) is 0 Å². The zero-order chi connectivity index (χ0) is 19.3. The van der Waals surface area contributed by atoms with E-state index in [-0.39, 0.29) is 24.2 Å². The second-order valence-corrected chi connectivity index (χ2v) is 8.09. The number of carbonyl (C=O) groups is 1. The lowest BCUT2D eigenvalue weighted by Crippen LogP contribution is -2.30. The van der Waals surface area contributed by atoms with Crippen LogP contribution in [0.15, 0.2) is 77.5 Å². The Morgan fingerprint density at radius 3 is 2.50 bits per heavy atom. The Hall–Kier alpha value is -2.83. The van der Waals surface area contributed by atoms with E-state index in [1.165, 1.54) is 23.5 Å². The van der Waals surface area contributed by atoms with Gasteiger partial charge in [-0.25, -0.2) is 9.37 Å². The van der Waals surface area contributed by atoms with Gasteiger partial charge in [-0.1, -0.05) is 48.5 Å². The van der Waals surface area contributed by atoms with Gasteiger partial charge in [0.1, 0.15) is 10.8 Å². The van der Waals surface area contributed by atoms with E-state index in [4.69, 9.17) is 0 Å². The summed E-state index contributed by atoms with van der Waals surface area (Å²) >= 11 is 3.09. The molecule has 0 aliphatic heterocycles. The van der Waals surface area contributed by atoms with E-state index < -0.39 is 0 Å².